The number of hydrogen-bond acceptors (Lipinski definition) is 4. The fourth-order valence-electron chi connectivity index (χ4n) is 3.19. The molecular formula is C19H23N3O3S. The molecule has 138 valence electrons. The third kappa shape index (κ3) is 4.11. The summed E-state index contributed by atoms with van der Waals surface area (Å²) >= 11 is 0. The highest BCUT2D eigenvalue weighted by atomic mass is 32.2. The molecule has 2 aromatic rings. The molecule has 0 bridgehead atoms. The highest BCUT2D eigenvalue weighted by Crippen LogP contribution is 2.22. The molecule has 1 aromatic heterocycles. The number of aromatic nitrogens is 1. The summed E-state index contributed by atoms with van der Waals surface area (Å²) in [5.74, 6) is -0.113. The number of amides is 1. The topological polar surface area (TPSA) is 70.6 Å². The summed E-state index contributed by atoms with van der Waals surface area (Å²) < 4.78 is 27.3. The van der Waals surface area contributed by atoms with Crippen molar-refractivity contribution >= 4 is 15.9 Å². The molecule has 1 aromatic carbocycles. The van der Waals surface area contributed by atoms with Gasteiger partial charge in [-0.25, -0.2) is 8.42 Å². The minimum atomic E-state index is -3.51. The first-order valence-electron chi connectivity index (χ1n) is 8.68. The first-order chi connectivity index (χ1) is 12.5. The quantitative estimate of drug-likeness (QED) is 0.805. The number of pyridine rings is 1. The Morgan fingerprint density at radius 2 is 1.92 bits per heavy atom. The minimum absolute atomic E-state index is 0.113. The van der Waals surface area contributed by atoms with Crippen molar-refractivity contribution in [3.05, 3.63) is 66.0 Å². The SMILES string of the molecule is CN(Cc1ccccn1)S(=O)(=O)[C@H]1CCCN(C(=O)c2ccccc2)C1. The van der Waals surface area contributed by atoms with Crippen LogP contribution in [0.2, 0.25) is 0 Å². The number of sulfonamides is 1. The fourth-order valence-corrected chi connectivity index (χ4v) is 4.85. The predicted molar refractivity (Wildman–Crippen MR) is 100.0 cm³/mol. The Bertz CT molecular complexity index is 841. The lowest BCUT2D eigenvalue weighted by Crippen LogP contribution is -2.48. The van der Waals surface area contributed by atoms with Crippen LogP contribution in [0.3, 0.4) is 0 Å². The number of likely N-dealkylation sites (tertiary alicyclic amines) is 1. The maximum Gasteiger partial charge on any atom is 0.253 e. The van der Waals surface area contributed by atoms with Gasteiger partial charge in [-0.05, 0) is 37.1 Å². The lowest BCUT2D eigenvalue weighted by atomic mass is 10.1. The zero-order valence-corrected chi connectivity index (χ0v) is 15.6. The van der Waals surface area contributed by atoms with Gasteiger partial charge in [-0.15, -0.1) is 0 Å². The molecule has 3 rings (SSSR count). The van der Waals surface area contributed by atoms with Crippen LogP contribution in [0.15, 0.2) is 54.7 Å². The van der Waals surface area contributed by atoms with Crippen LogP contribution < -0.4 is 0 Å². The van der Waals surface area contributed by atoms with Crippen molar-refractivity contribution in [1.82, 2.24) is 14.2 Å². The van der Waals surface area contributed by atoms with Gasteiger partial charge < -0.3 is 4.90 Å². The van der Waals surface area contributed by atoms with Crippen molar-refractivity contribution in [3.63, 3.8) is 0 Å². The summed E-state index contributed by atoms with van der Waals surface area (Å²) in [6, 6.07) is 14.4. The highest BCUT2D eigenvalue weighted by Gasteiger charge is 2.35. The number of nitrogens with zero attached hydrogens (tertiary/aromatic N) is 3. The van der Waals surface area contributed by atoms with Gasteiger partial charge >= 0.3 is 0 Å². The largest absolute Gasteiger partial charge is 0.337 e. The summed E-state index contributed by atoms with van der Waals surface area (Å²) in [5.41, 5.74) is 1.29. The van der Waals surface area contributed by atoms with Gasteiger partial charge in [0.05, 0.1) is 17.5 Å². The molecule has 1 saturated heterocycles. The number of hydrogen-bond donors (Lipinski definition) is 0. The predicted octanol–water partition coefficient (Wildman–Crippen LogP) is 2.15. The molecule has 2 heterocycles. The van der Waals surface area contributed by atoms with E-state index in [2.05, 4.69) is 4.98 Å². The Morgan fingerprint density at radius 3 is 2.62 bits per heavy atom. The van der Waals surface area contributed by atoms with Gasteiger partial charge in [0.1, 0.15) is 0 Å². The van der Waals surface area contributed by atoms with Crippen LogP contribution in [-0.2, 0) is 16.6 Å². The maximum absolute atomic E-state index is 13.0. The van der Waals surface area contributed by atoms with E-state index in [0.29, 0.717) is 30.6 Å². The number of carbonyl (C=O) groups excluding carboxylic acids is 1. The molecule has 0 N–H and O–H groups in total. The van der Waals surface area contributed by atoms with E-state index in [4.69, 9.17) is 0 Å². The molecule has 6 nitrogen and oxygen atoms in total. The Morgan fingerprint density at radius 1 is 1.19 bits per heavy atom. The molecule has 26 heavy (non-hydrogen) atoms. The standard InChI is InChI=1S/C19H23N3O3S/c1-21(14-17-10-5-6-12-20-17)26(24,25)18-11-7-13-22(15-18)19(23)16-8-3-2-4-9-16/h2-6,8-10,12,18H,7,11,13-15H2,1H3/t18-/m0/s1. The van der Waals surface area contributed by atoms with Crippen LogP contribution in [0.4, 0.5) is 0 Å². The van der Waals surface area contributed by atoms with Crippen molar-refractivity contribution in [2.45, 2.75) is 24.6 Å². The first kappa shape index (κ1) is 18.5. The lowest BCUT2D eigenvalue weighted by molar-refractivity contribution is 0.0725. The van der Waals surface area contributed by atoms with Gasteiger partial charge in [0, 0.05) is 31.9 Å². The number of carbonyl (C=O) groups is 1. The average molecular weight is 373 g/mol. The van der Waals surface area contributed by atoms with Crippen LogP contribution >= 0.6 is 0 Å². The zero-order valence-electron chi connectivity index (χ0n) is 14.8. The second-order valence-corrected chi connectivity index (χ2v) is 8.82. The van der Waals surface area contributed by atoms with Crippen LogP contribution in [0.25, 0.3) is 0 Å². The number of rotatable bonds is 5. The fraction of sp³-hybridized carbons (Fsp3) is 0.368. The molecule has 1 fully saturated rings. The second kappa shape index (κ2) is 7.97. The summed E-state index contributed by atoms with van der Waals surface area (Å²) in [4.78, 5) is 18.5. The minimum Gasteiger partial charge on any atom is -0.337 e. The molecule has 0 spiro atoms. The third-order valence-corrected chi connectivity index (χ3v) is 6.88. The van der Waals surface area contributed by atoms with Crippen LogP contribution in [0, 0.1) is 0 Å². The smallest absolute Gasteiger partial charge is 0.253 e. The Hall–Kier alpha value is -2.25. The number of piperidine rings is 1. The monoisotopic (exact) mass is 373 g/mol. The van der Waals surface area contributed by atoms with Crippen molar-refractivity contribution < 1.29 is 13.2 Å². The molecule has 0 radical (unpaired) electrons. The molecule has 1 atom stereocenters. The molecule has 1 amide bonds. The van der Waals surface area contributed by atoms with Crippen molar-refractivity contribution in [1.29, 1.82) is 0 Å². The van der Waals surface area contributed by atoms with Crippen molar-refractivity contribution in [3.8, 4) is 0 Å². The zero-order chi connectivity index (χ0) is 18.6. The third-order valence-electron chi connectivity index (χ3n) is 4.65. The summed E-state index contributed by atoms with van der Waals surface area (Å²) in [7, 11) is -1.94. The van der Waals surface area contributed by atoms with E-state index in [1.807, 2.05) is 24.3 Å². The van der Waals surface area contributed by atoms with Crippen LogP contribution in [0.5, 0.6) is 0 Å². The number of benzene rings is 1. The molecule has 1 aliphatic heterocycles. The first-order valence-corrected chi connectivity index (χ1v) is 10.2. The maximum atomic E-state index is 13.0. The van der Waals surface area contributed by atoms with Crippen molar-refractivity contribution in [2.75, 3.05) is 20.1 Å². The van der Waals surface area contributed by atoms with Crippen LogP contribution in [-0.4, -0.2) is 53.9 Å². The summed E-state index contributed by atoms with van der Waals surface area (Å²) in [6.45, 7) is 1.04. The average Bonchev–Trinajstić information content (AvgIpc) is 2.69. The summed E-state index contributed by atoms with van der Waals surface area (Å²) in [6.07, 6.45) is 2.89. The van der Waals surface area contributed by atoms with E-state index >= 15 is 0 Å². The molecular weight excluding hydrogens is 350 g/mol. The molecule has 1 aliphatic rings. The Kier molecular flexibility index (Phi) is 5.68. The molecule has 7 heteroatoms. The van der Waals surface area contributed by atoms with Crippen molar-refractivity contribution in [2.24, 2.45) is 0 Å². The van der Waals surface area contributed by atoms with Gasteiger partial charge in [0.15, 0.2) is 0 Å². The Labute approximate surface area is 154 Å². The van der Waals surface area contributed by atoms with Gasteiger partial charge in [-0.1, -0.05) is 24.3 Å². The highest BCUT2D eigenvalue weighted by molar-refractivity contribution is 7.89. The van der Waals surface area contributed by atoms with E-state index in [0.717, 1.165) is 0 Å². The van der Waals surface area contributed by atoms with E-state index < -0.39 is 15.3 Å². The van der Waals surface area contributed by atoms with Gasteiger partial charge in [-0.2, -0.15) is 4.31 Å². The normalized spacial score (nSPS) is 18.1. The van der Waals surface area contributed by atoms with Crippen LogP contribution in [0.1, 0.15) is 28.9 Å². The van der Waals surface area contributed by atoms with E-state index in [1.165, 1.54) is 4.31 Å². The van der Waals surface area contributed by atoms with E-state index in [9.17, 15) is 13.2 Å². The molecule has 0 saturated carbocycles. The summed E-state index contributed by atoms with van der Waals surface area (Å²) in [5, 5.41) is -0.586. The molecule has 0 aliphatic carbocycles. The Balaban J connectivity index is 1.70. The van der Waals surface area contributed by atoms with Gasteiger partial charge in [0.25, 0.3) is 5.91 Å². The van der Waals surface area contributed by atoms with Gasteiger partial charge in [-0.3, -0.25) is 9.78 Å². The van der Waals surface area contributed by atoms with E-state index in [-0.39, 0.29) is 19.0 Å². The second-order valence-electron chi connectivity index (χ2n) is 6.50. The van der Waals surface area contributed by atoms with Gasteiger partial charge in [0.2, 0.25) is 10.0 Å². The van der Waals surface area contributed by atoms with E-state index in [1.54, 1.807) is 42.4 Å². The molecule has 0 unspecified atom stereocenters. The lowest BCUT2D eigenvalue weighted by Gasteiger charge is -2.34.